The van der Waals surface area contributed by atoms with Gasteiger partial charge in [0.15, 0.2) is 0 Å². The summed E-state index contributed by atoms with van der Waals surface area (Å²) in [5.41, 5.74) is -0.150. The molecule has 1 fully saturated rings. The normalized spacial score (nSPS) is 18.1. The quantitative estimate of drug-likeness (QED) is 0.378. The molecular formula is C19H28F4. The maximum absolute atomic E-state index is 12.5. The van der Waals surface area contributed by atoms with Gasteiger partial charge in [-0.3, -0.25) is 0 Å². The van der Waals surface area contributed by atoms with Crippen LogP contribution in [0.2, 0.25) is 0 Å². The molecule has 1 aliphatic rings. The van der Waals surface area contributed by atoms with Crippen molar-refractivity contribution >= 4 is 0 Å². The molecule has 0 bridgehead atoms. The van der Waals surface area contributed by atoms with Gasteiger partial charge in [-0.1, -0.05) is 46.5 Å². The third-order valence-corrected chi connectivity index (χ3v) is 5.12. The minimum absolute atomic E-state index is 0.00447. The van der Waals surface area contributed by atoms with Crippen LogP contribution in [0.3, 0.4) is 0 Å². The van der Waals surface area contributed by atoms with Gasteiger partial charge in [-0.15, -0.1) is 0 Å². The van der Waals surface area contributed by atoms with E-state index in [1.54, 1.807) is 0 Å². The average Bonchev–Trinajstić information content (AvgIpc) is 2.67. The Labute approximate surface area is 137 Å². The molecule has 4 heteroatoms. The molecule has 0 amide bonds. The first-order valence-electron chi connectivity index (χ1n) is 8.39. The molecule has 1 saturated carbocycles. The molecule has 0 heterocycles. The van der Waals surface area contributed by atoms with E-state index in [0.29, 0.717) is 5.41 Å². The smallest absolute Gasteiger partial charge is 0.207 e. The second kappa shape index (κ2) is 8.16. The van der Waals surface area contributed by atoms with Gasteiger partial charge in [0, 0.05) is 0 Å². The Hall–Kier alpha value is -1.06. The van der Waals surface area contributed by atoms with E-state index in [-0.39, 0.29) is 5.56 Å². The van der Waals surface area contributed by atoms with Gasteiger partial charge in [0.25, 0.3) is 0 Å². The van der Waals surface area contributed by atoms with Gasteiger partial charge < -0.3 is 0 Å². The molecule has 0 spiro atoms. The molecule has 0 atom stereocenters. The van der Waals surface area contributed by atoms with Gasteiger partial charge in [-0.2, -0.15) is 13.2 Å². The first-order valence-corrected chi connectivity index (χ1v) is 8.39. The third-order valence-electron chi connectivity index (χ3n) is 5.12. The minimum Gasteiger partial charge on any atom is -0.207 e. The number of hydrogen-bond donors (Lipinski definition) is 0. The number of aryl methyl sites for hydroxylation is 1. The minimum atomic E-state index is -4.39. The molecule has 0 aromatic heterocycles. The van der Waals surface area contributed by atoms with Crippen LogP contribution >= 0.6 is 0 Å². The van der Waals surface area contributed by atoms with E-state index in [1.165, 1.54) is 45.4 Å². The highest BCUT2D eigenvalue weighted by Gasteiger charge is 2.30. The Morgan fingerprint density at radius 3 is 1.91 bits per heavy atom. The predicted octanol–water partition coefficient (Wildman–Crippen LogP) is 7.16. The van der Waals surface area contributed by atoms with Crippen LogP contribution in [0.25, 0.3) is 0 Å². The third kappa shape index (κ3) is 6.15. The van der Waals surface area contributed by atoms with Crippen molar-refractivity contribution < 1.29 is 17.6 Å². The van der Waals surface area contributed by atoms with Crippen molar-refractivity contribution in [3.05, 3.63) is 35.1 Å². The monoisotopic (exact) mass is 332 g/mol. The van der Waals surface area contributed by atoms with Crippen LogP contribution in [-0.2, 0) is 6.18 Å². The summed E-state index contributed by atoms with van der Waals surface area (Å²) in [6.07, 6.45) is 4.42. The lowest BCUT2D eigenvalue weighted by Gasteiger charge is -2.32. The topological polar surface area (TPSA) is 0 Å². The summed E-state index contributed by atoms with van der Waals surface area (Å²) >= 11 is 0. The van der Waals surface area contributed by atoms with E-state index in [1.807, 2.05) is 0 Å². The molecule has 1 aromatic rings. The van der Waals surface area contributed by atoms with E-state index in [9.17, 15) is 17.6 Å². The van der Waals surface area contributed by atoms with Gasteiger partial charge in [-0.05, 0) is 54.9 Å². The summed E-state index contributed by atoms with van der Waals surface area (Å²) in [5.74, 6) is 0.253. The SMILES string of the molecule is CC(C)C1(C)CCCCCC1.Cc1cc(C(F)(F)F)ccc1F. The zero-order valence-corrected chi connectivity index (χ0v) is 14.6. The van der Waals surface area contributed by atoms with E-state index < -0.39 is 17.6 Å². The molecule has 2 rings (SSSR count). The van der Waals surface area contributed by atoms with Crippen molar-refractivity contribution in [2.24, 2.45) is 11.3 Å². The van der Waals surface area contributed by atoms with Crippen molar-refractivity contribution in [2.45, 2.75) is 72.4 Å². The summed E-state index contributed by atoms with van der Waals surface area (Å²) in [6, 6.07) is 2.33. The Bertz CT molecular complexity index is 481. The van der Waals surface area contributed by atoms with Gasteiger partial charge in [-0.25, -0.2) is 4.39 Å². The lowest BCUT2D eigenvalue weighted by molar-refractivity contribution is -0.137. The van der Waals surface area contributed by atoms with E-state index in [2.05, 4.69) is 20.8 Å². The van der Waals surface area contributed by atoms with Crippen LogP contribution in [-0.4, -0.2) is 0 Å². The Morgan fingerprint density at radius 2 is 1.52 bits per heavy atom. The molecule has 0 unspecified atom stereocenters. The van der Waals surface area contributed by atoms with E-state index in [4.69, 9.17) is 0 Å². The van der Waals surface area contributed by atoms with E-state index in [0.717, 1.165) is 24.1 Å². The van der Waals surface area contributed by atoms with Gasteiger partial charge in [0.2, 0.25) is 0 Å². The molecule has 0 nitrogen and oxygen atoms in total. The fraction of sp³-hybridized carbons (Fsp3) is 0.684. The van der Waals surface area contributed by atoms with Crippen molar-refractivity contribution in [3.8, 4) is 0 Å². The lowest BCUT2D eigenvalue weighted by Crippen LogP contribution is -2.22. The highest BCUT2D eigenvalue weighted by Crippen LogP contribution is 2.40. The number of alkyl halides is 3. The van der Waals surface area contributed by atoms with Gasteiger partial charge >= 0.3 is 6.18 Å². The highest BCUT2D eigenvalue weighted by molar-refractivity contribution is 5.25. The maximum Gasteiger partial charge on any atom is 0.416 e. The Morgan fingerprint density at radius 1 is 1.00 bits per heavy atom. The Kier molecular flexibility index (Phi) is 7.09. The standard InChI is InChI=1S/C11H22.C8H6F4/c1-10(2)11(3)8-6-4-5-7-9-11;1-5-4-6(8(10,11)12)2-3-7(5)9/h10H,4-9H2,1-3H3;2-4H,1H3. The van der Waals surface area contributed by atoms with Crippen LogP contribution < -0.4 is 0 Å². The molecule has 0 N–H and O–H groups in total. The molecule has 0 saturated heterocycles. The lowest BCUT2D eigenvalue weighted by atomic mass is 9.73. The van der Waals surface area contributed by atoms with Crippen LogP contribution in [0.4, 0.5) is 17.6 Å². The zero-order valence-electron chi connectivity index (χ0n) is 14.6. The second-order valence-electron chi connectivity index (χ2n) is 7.18. The average molecular weight is 332 g/mol. The molecule has 1 aromatic carbocycles. The molecular weight excluding hydrogens is 304 g/mol. The van der Waals surface area contributed by atoms with E-state index >= 15 is 0 Å². The first-order chi connectivity index (χ1) is 10.6. The predicted molar refractivity (Wildman–Crippen MR) is 86.8 cm³/mol. The fourth-order valence-corrected chi connectivity index (χ4v) is 2.93. The van der Waals surface area contributed by atoms with Crippen molar-refractivity contribution in [1.82, 2.24) is 0 Å². The maximum atomic E-state index is 12.5. The summed E-state index contributed by atoms with van der Waals surface area (Å²) in [4.78, 5) is 0. The first kappa shape index (κ1) is 20.0. The van der Waals surface area contributed by atoms with Crippen LogP contribution in [0.1, 0.15) is 70.4 Å². The number of halogens is 4. The summed E-state index contributed by atoms with van der Waals surface area (Å²) < 4.78 is 48.5. The van der Waals surface area contributed by atoms with Crippen molar-refractivity contribution in [2.75, 3.05) is 0 Å². The van der Waals surface area contributed by atoms with Crippen molar-refractivity contribution in [3.63, 3.8) is 0 Å². The molecule has 0 aliphatic heterocycles. The van der Waals surface area contributed by atoms with Crippen LogP contribution in [0, 0.1) is 24.1 Å². The summed E-state index contributed by atoms with van der Waals surface area (Å²) in [5, 5.41) is 0. The summed E-state index contributed by atoms with van der Waals surface area (Å²) in [6.45, 7) is 8.53. The number of benzene rings is 1. The molecule has 132 valence electrons. The number of hydrogen-bond acceptors (Lipinski definition) is 0. The van der Waals surface area contributed by atoms with Gasteiger partial charge in [0.05, 0.1) is 5.56 Å². The Balaban J connectivity index is 0.000000231. The second-order valence-corrected chi connectivity index (χ2v) is 7.18. The van der Waals surface area contributed by atoms with Crippen LogP contribution in [0.5, 0.6) is 0 Å². The molecule has 0 radical (unpaired) electrons. The number of rotatable bonds is 1. The van der Waals surface area contributed by atoms with Crippen molar-refractivity contribution in [1.29, 1.82) is 0 Å². The highest BCUT2D eigenvalue weighted by atomic mass is 19.4. The fourth-order valence-electron chi connectivity index (χ4n) is 2.93. The molecule has 1 aliphatic carbocycles. The largest absolute Gasteiger partial charge is 0.416 e. The van der Waals surface area contributed by atoms with Crippen LogP contribution in [0.15, 0.2) is 18.2 Å². The summed E-state index contributed by atoms with van der Waals surface area (Å²) in [7, 11) is 0. The molecule has 23 heavy (non-hydrogen) atoms. The zero-order chi connectivity index (χ0) is 17.7. The van der Waals surface area contributed by atoms with Gasteiger partial charge in [0.1, 0.15) is 5.82 Å².